The highest BCUT2D eigenvalue weighted by molar-refractivity contribution is 7.92. The number of nitrogens with zero attached hydrogens (tertiary/aromatic N) is 2. The second-order valence-electron chi connectivity index (χ2n) is 9.03. The summed E-state index contributed by atoms with van der Waals surface area (Å²) in [6.07, 6.45) is 0.721. The summed E-state index contributed by atoms with van der Waals surface area (Å²) in [6.45, 7) is 1.19. The van der Waals surface area contributed by atoms with Gasteiger partial charge in [0, 0.05) is 11.6 Å². The largest absolute Gasteiger partial charge is 0.370 e. The van der Waals surface area contributed by atoms with Crippen LogP contribution in [0.15, 0.2) is 120 Å². The van der Waals surface area contributed by atoms with E-state index in [9.17, 15) is 8.42 Å². The van der Waals surface area contributed by atoms with E-state index in [1.54, 1.807) is 42.5 Å². The number of aromatic nitrogens is 2. The van der Waals surface area contributed by atoms with E-state index in [1.807, 2.05) is 65.3 Å². The van der Waals surface area contributed by atoms with Crippen LogP contribution in [0.3, 0.4) is 0 Å². The average molecular weight is 558 g/mol. The van der Waals surface area contributed by atoms with Crippen molar-refractivity contribution in [3.63, 3.8) is 0 Å². The molecule has 0 spiro atoms. The van der Waals surface area contributed by atoms with E-state index in [2.05, 4.69) is 16.9 Å². The first-order valence-electron chi connectivity index (χ1n) is 12.6. The molecule has 8 heteroatoms. The third-order valence-electron chi connectivity index (χ3n) is 6.28. The van der Waals surface area contributed by atoms with Gasteiger partial charge in [-0.3, -0.25) is 9.40 Å². The molecule has 198 valence electrons. The van der Waals surface area contributed by atoms with Crippen LogP contribution in [0.2, 0.25) is 5.02 Å². The molecule has 0 bridgehead atoms. The van der Waals surface area contributed by atoms with Gasteiger partial charge in [-0.1, -0.05) is 103 Å². The van der Waals surface area contributed by atoms with E-state index >= 15 is 0 Å². The summed E-state index contributed by atoms with van der Waals surface area (Å²) in [4.78, 5) is 0.160. The van der Waals surface area contributed by atoms with Gasteiger partial charge in [0.1, 0.15) is 0 Å². The van der Waals surface area contributed by atoms with E-state index in [0.717, 1.165) is 28.8 Å². The molecule has 1 N–H and O–H groups in total. The fourth-order valence-electron chi connectivity index (χ4n) is 4.33. The Hall–Kier alpha value is -3.91. The Morgan fingerprint density at radius 1 is 0.744 bits per heavy atom. The molecule has 1 heterocycles. The maximum Gasteiger partial charge on any atom is 0.263 e. The molecule has 39 heavy (non-hydrogen) atoms. The predicted molar refractivity (Wildman–Crippen MR) is 155 cm³/mol. The zero-order chi connectivity index (χ0) is 27.1. The first-order valence-corrected chi connectivity index (χ1v) is 14.4. The first kappa shape index (κ1) is 26.7. The van der Waals surface area contributed by atoms with Gasteiger partial charge in [0.2, 0.25) is 0 Å². The standard InChI is InChI=1S/C31H28ClN3O3S/c32-27-18-16-26(17-19-27)30-29(23-38-22-25-12-6-2-7-13-25)35(21-20-24-10-4-1-5-11-24)33-31(30)34-39(36,37)28-14-8-3-9-15-28/h1-19H,20-23H2,(H,33,34). The quantitative estimate of drug-likeness (QED) is 0.190. The summed E-state index contributed by atoms with van der Waals surface area (Å²) in [5, 5.41) is 5.36. The summed E-state index contributed by atoms with van der Waals surface area (Å²) >= 11 is 6.18. The van der Waals surface area contributed by atoms with Crippen molar-refractivity contribution in [2.24, 2.45) is 0 Å². The van der Waals surface area contributed by atoms with Gasteiger partial charge in [-0.15, -0.1) is 0 Å². The van der Waals surface area contributed by atoms with Crippen LogP contribution in [0.4, 0.5) is 5.82 Å². The van der Waals surface area contributed by atoms with Crippen molar-refractivity contribution >= 4 is 27.4 Å². The number of aryl methyl sites for hydroxylation is 2. The Morgan fingerprint density at radius 2 is 1.33 bits per heavy atom. The summed E-state index contributed by atoms with van der Waals surface area (Å²) in [5.41, 5.74) is 4.42. The van der Waals surface area contributed by atoms with E-state index in [-0.39, 0.29) is 17.3 Å². The van der Waals surface area contributed by atoms with Crippen molar-refractivity contribution in [1.82, 2.24) is 9.78 Å². The highest BCUT2D eigenvalue weighted by Gasteiger charge is 2.24. The van der Waals surface area contributed by atoms with Crippen molar-refractivity contribution in [2.75, 3.05) is 4.72 Å². The third-order valence-corrected chi connectivity index (χ3v) is 7.89. The van der Waals surface area contributed by atoms with E-state index in [1.165, 1.54) is 0 Å². The normalized spacial score (nSPS) is 11.4. The number of benzene rings is 4. The summed E-state index contributed by atoms with van der Waals surface area (Å²) in [5.74, 6) is 0.243. The van der Waals surface area contributed by atoms with E-state index < -0.39 is 10.0 Å². The molecular formula is C31H28ClN3O3S. The number of sulfonamides is 1. The van der Waals surface area contributed by atoms with Crippen LogP contribution in [0, 0.1) is 0 Å². The van der Waals surface area contributed by atoms with Crippen LogP contribution in [0.1, 0.15) is 16.8 Å². The number of hydrogen-bond donors (Lipinski definition) is 1. The van der Waals surface area contributed by atoms with Gasteiger partial charge in [0.25, 0.3) is 10.0 Å². The SMILES string of the molecule is O=S(=O)(Nc1nn(CCc2ccccc2)c(COCc2ccccc2)c1-c1ccc(Cl)cc1)c1ccccc1. The lowest BCUT2D eigenvalue weighted by Crippen LogP contribution is -2.14. The number of nitrogens with one attached hydrogen (secondary N) is 1. The lowest BCUT2D eigenvalue weighted by Gasteiger charge is -2.12. The monoisotopic (exact) mass is 557 g/mol. The number of ether oxygens (including phenoxy) is 1. The average Bonchev–Trinajstić information content (AvgIpc) is 3.30. The zero-order valence-corrected chi connectivity index (χ0v) is 22.8. The number of halogens is 1. The van der Waals surface area contributed by atoms with Crippen LogP contribution >= 0.6 is 11.6 Å². The van der Waals surface area contributed by atoms with Crippen molar-refractivity contribution in [3.05, 3.63) is 137 Å². The molecule has 4 aromatic carbocycles. The summed E-state index contributed by atoms with van der Waals surface area (Å²) < 4.78 is 37.4. The molecule has 6 nitrogen and oxygen atoms in total. The van der Waals surface area contributed by atoms with Gasteiger partial charge in [-0.25, -0.2) is 8.42 Å². The molecule has 0 fully saturated rings. The molecular weight excluding hydrogens is 530 g/mol. The fraction of sp³-hybridized carbons (Fsp3) is 0.129. The molecule has 0 aliphatic heterocycles. The molecule has 0 saturated carbocycles. The van der Waals surface area contributed by atoms with Gasteiger partial charge >= 0.3 is 0 Å². The lowest BCUT2D eigenvalue weighted by atomic mass is 10.1. The van der Waals surface area contributed by atoms with Gasteiger partial charge in [-0.2, -0.15) is 5.10 Å². The van der Waals surface area contributed by atoms with Crippen molar-refractivity contribution in [2.45, 2.75) is 31.1 Å². The Morgan fingerprint density at radius 3 is 1.97 bits per heavy atom. The number of hydrogen-bond acceptors (Lipinski definition) is 4. The summed E-state index contributed by atoms with van der Waals surface area (Å²) in [7, 11) is -3.88. The van der Waals surface area contributed by atoms with Crippen LogP contribution in [-0.2, 0) is 40.9 Å². The van der Waals surface area contributed by atoms with E-state index in [0.29, 0.717) is 23.7 Å². The molecule has 5 rings (SSSR count). The Bertz CT molecular complexity index is 1610. The van der Waals surface area contributed by atoms with Crippen LogP contribution in [0.5, 0.6) is 0 Å². The van der Waals surface area contributed by atoms with Crippen LogP contribution < -0.4 is 4.72 Å². The molecule has 0 unspecified atom stereocenters. The molecule has 1 aromatic heterocycles. The molecule has 0 amide bonds. The van der Waals surface area contributed by atoms with E-state index in [4.69, 9.17) is 21.4 Å². The molecule has 0 radical (unpaired) electrons. The van der Waals surface area contributed by atoms with Crippen molar-refractivity contribution in [3.8, 4) is 11.1 Å². The van der Waals surface area contributed by atoms with Crippen molar-refractivity contribution < 1.29 is 13.2 Å². The minimum Gasteiger partial charge on any atom is -0.370 e. The Kier molecular flexibility index (Phi) is 8.42. The van der Waals surface area contributed by atoms with Gasteiger partial charge in [0.05, 0.1) is 29.4 Å². The molecule has 0 aliphatic carbocycles. The number of anilines is 1. The van der Waals surface area contributed by atoms with Gasteiger partial charge in [0.15, 0.2) is 5.82 Å². The Labute approximate surface area is 233 Å². The highest BCUT2D eigenvalue weighted by Crippen LogP contribution is 2.34. The Balaban J connectivity index is 1.55. The summed E-state index contributed by atoms with van der Waals surface area (Å²) in [6, 6.07) is 35.6. The topological polar surface area (TPSA) is 73.2 Å². The lowest BCUT2D eigenvalue weighted by molar-refractivity contribution is 0.101. The first-order chi connectivity index (χ1) is 19.0. The minimum absolute atomic E-state index is 0.160. The molecule has 0 atom stereocenters. The smallest absolute Gasteiger partial charge is 0.263 e. The second-order valence-corrected chi connectivity index (χ2v) is 11.2. The van der Waals surface area contributed by atoms with Crippen LogP contribution in [-0.4, -0.2) is 18.2 Å². The van der Waals surface area contributed by atoms with Gasteiger partial charge < -0.3 is 4.74 Å². The van der Waals surface area contributed by atoms with Crippen LogP contribution in [0.25, 0.3) is 11.1 Å². The molecule has 0 aliphatic rings. The van der Waals surface area contributed by atoms with Crippen molar-refractivity contribution in [1.29, 1.82) is 0 Å². The second kappa shape index (κ2) is 12.3. The predicted octanol–water partition coefficient (Wildman–Crippen LogP) is 6.96. The third kappa shape index (κ3) is 6.75. The maximum atomic E-state index is 13.3. The van der Waals surface area contributed by atoms with Gasteiger partial charge in [-0.05, 0) is 47.4 Å². The highest BCUT2D eigenvalue weighted by atomic mass is 35.5. The molecule has 0 saturated heterocycles. The zero-order valence-electron chi connectivity index (χ0n) is 21.2. The number of rotatable bonds is 11. The maximum absolute atomic E-state index is 13.3. The fourth-order valence-corrected chi connectivity index (χ4v) is 5.48. The minimum atomic E-state index is -3.88. The molecule has 5 aromatic rings.